The van der Waals surface area contributed by atoms with Crippen molar-refractivity contribution < 1.29 is 9.53 Å². The van der Waals surface area contributed by atoms with Gasteiger partial charge >= 0.3 is 0 Å². The Hall–Kier alpha value is -2.55. The highest BCUT2D eigenvalue weighted by Gasteiger charge is 2.44. The normalized spacial score (nSPS) is 22.8. The molecule has 2 N–H and O–H groups in total. The number of rotatable bonds is 11. The molecule has 2 aliphatic carbocycles. The SMILES string of the molecule is CC/C(C)=C(C)\C(C)=C1/C(C)Cc2c(cc(CC)c(C)c2CCC2C(N)=C(C(C)(C)C)C(C)=C(CCCOC=O)C2(C)C)C1(C)C. The van der Waals surface area contributed by atoms with Crippen LogP contribution in [0.25, 0.3) is 0 Å². The molecule has 3 rings (SSSR count). The van der Waals surface area contributed by atoms with Crippen molar-refractivity contribution in [2.24, 2.45) is 28.4 Å². The van der Waals surface area contributed by atoms with Gasteiger partial charge in [-0.1, -0.05) is 92.0 Å². The largest absolute Gasteiger partial charge is 0.468 e. The van der Waals surface area contributed by atoms with E-state index in [4.69, 9.17) is 10.5 Å². The van der Waals surface area contributed by atoms with Crippen LogP contribution in [0.1, 0.15) is 150 Å². The van der Waals surface area contributed by atoms with Gasteiger partial charge < -0.3 is 10.5 Å². The fraction of sp³-hybridized carbons (Fsp3) is 0.651. The Morgan fingerprint density at radius 2 is 1.70 bits per heavy atom. The van der Waals surface area contributed by atoms with Crippen LogP contribution < -0.4 is 5.73 Å². The van der Waals surface area contributed by atoms with Crippen molar-refractivity contribution in [3.8, 4) is 0 Å². The number of carbonyl (C=O) groups is 1. The number of ether oxygens (including phenoxy) is 1. The molecule has 3 nitrogen and oxygen atoms in total. The summed E-state index contributed by atoms with van der Waals surface area (Å²) < 4.78 is 5.10. The highest BCUT2D eigenvalue weighted by molar-refractivity contribution is 5.57. The van der Waals surface area contributed by atoms with Crippen LogP contribution in [-0.4, -0.2) is 13.1 Å². The summed E-state index contributed by atoms with van der Waals surface area (Å²) in [5, 5.41) is 0. The summed E-state index contributed by atoms with van der Waals surface area (Å²) in [5.41, 5.74) is 26.0. The van der Waals surface area contributed by atoms with Crippen molar-refractivity contribution in [3.63, 3.8) is 0 Å². The topological polar surface area (TPSA) is 52.3 Å². The second-order valence-electron chi connectivity index (χ2n) is 16.6. The first-order valence-electron chi connectivity index (χ1n) is 18.1. The summed E-state index contributed by atoms with van der Waals surface area (Å²) in [6.45, 7) is 36.3. The van der Waals surface area contributed by atoms with Gasteiger partial charge in [0, 0.05) is 17.0 Å². The first kappa shape index (κ1) is 37.9. The van der Waals surface area contributed by atoms with Gasteiger partial charge in [0.1, 0.15) is 0 Å². The highest BCUT2D eigenvalue weighted by Crippen LogP contribution is 2.54. The molecule has 0 bridgehead atoms. The van der Waals surface area contributed by atoms with Crippen LogP contribution >= 0.6 is 0 Å². The number of benzene rings is 1. The second-order valence-corrected chi connectivity index (χ2v) is 16.6. The van der Waals surface area contributed by atoms with Gasteiger partial charge in [0.2, 0.25) is 0 Å². The van der Waals surface area contributed by atoms with Crippen LogP contribution in [0.2, 0.25) is 0 Å². The number of fused-ring (bicyclic) bond motifs is 1. The molecule has 0 amide bonds. The molecule has 0 saturated carbocycles. The minimum Gasteiger partial charge on any atom is -0.468 e. The predicted octanol–water partition coefficient (Wildman–Crippen LogP) is 11.2. The Labute approximate surface area is 283 Å². The fourth-order valence-electron chi connectivity index (χ4n) is 9.56. The third kappa shape index (κ3) is 7.00. The number of carbonyl (C=O) groups excluding carboxylic acids is 1. The minimum absolute atomic E-state index is 0.0300. The smallest absolute Gasteiger partial charge is 0.293 e. The van der Waals surface area contributed by atoms with Crippen molar-refractivity contribution in [3.05, 3.63) is 78.6 Å². The number of aryl methyl sites for hydroxylation is 1. The quantitative estimate of drug-likeness (QED) is 0.196. The van der Waals surface area contributed by atoms with E-state index in [-0.39, 0.29) is 22.2 Å². The monoisotopic (exact) mass is 630 g/mol. The zero-order valence-corrected chi connectivity index (χ0v) is 32.4. The molecule has 0 spiro atoms. The standard InChI is InChI=1S/C43H67NO2/c1-16-26(3)28(5)29(6)38-27(4)23-34-33(30(7)32(17-2)24-37(34)43(38,14)15)20-21-36-40(44)39(41(9,10)11)31(8)35(42(36,12)13)19-18-22-46-25-45/h24-25,27,36H,16-23,44H2,1-15H3/b28-26-,38-29+. The molecular formula is C43H67NO2. The zero-order chi connectivity index (χ0) is 34.9. The van der Waals surface area contributed by atoms with Gasteiger partial charge in [-0.25, -0.2) is 0 Å². The zero-order valence-electron chi connectivity index (χ0n) is 32.4. The lowest BCUT2D eigenvalue weighted by atomic mass is 9.59. The van der Waals surface area contributed by atoms with Crippen LogP contribution in [0.4, 0.5) is 0 Å². The average Bonchev–Trinajstić information content (AvgIpc) is 2.95. The average molecular weight is 630 g/mol. The molecule has 0 saturated heterocycles. The molecule has 2 aliphatic rings. The Kier molecular flexibility index (Phi) is 11.8. The fourth-order valence-corrected chi connectivity index (χ4v) is 9.56. The van der Waals surface area contributed by atoms with Crippen LogP contribution in [-0.2, 0) is 34.2 Å². The van der Waals surface area contributed by atoms with Crippen LogP contribution in [0.3, 0.4) is 0 Å². The number of nitrogens with two attached hydrogens (primary N) is 1. The van der Waals surface area contributed by atoms with E-state index < -0.39 is 0 Å². The summed E-state index contributed by atoms with van der Waals surface area (Å²) in [4.78, 5) is 10.8. The molecule has 0 heterocycles. The maximum atomic E-state index is 10.8. The third-order valence-electron chi connectivity index (χ3n) is 12.1. The van der Waals surface area contributed by atoms with Crippen LogP contribution in [0, 0.1) is 29.6 Å². The number of allylic oxidation sites excluding steroid dienone is 8. The van der Waals surface area contributed by atoms with Crippen molar-refractivity contribution in [1.29, 1.82) is 0 Å². The van der Waals surface area contributed by atoms with Gasteiger partial charge in [-0.05, 0) is 146 Å². The molecule has 1 aromatic carbocycles. The lowest BCUT2D eigenvalue weighted by molar-refractivity contribution is -0.128. The van der Waals surface area contributed by atoms with Gasteiger partial charge in [-0.3, -0.25) is 4.79 Å². The molecular weight excluding hydrogens is 562 g/mol. The van der Waals surface area contributed by atoms with E-state index in [0.29, 0.717) is 19.0 Å². The van der Waals surface area contributed by atoms with Crippen molar-refractivity contribution in [2.45, 2.75) is 154 Å². The molecule has 46 heavy (non-hydrogen) atoms. The molecule has 0 radical (unpaired) electrons. The van der Waals surface area contributed by atoms with Crippen molar-refractivity contribution in [1.82, 2.24) is 0 Å². The predicted molar refractivity (Wildman–Crippen MR) is 198 cm³/mol. The minimum atomic E-state index is -0.0823. The summed E-state index contributed by atoms with van der Waals surface area (Å²) in [5.74, 6) is 0.728. The first-order valence-corrected chi connectivity index (χ1v) is 18.1. The Bertz CT molecular complexity index is 1450. The Balaban J connectivity index is 2.16. The summed E-state index contributed by atoms with van der Waals surface area (Å²) in [6, 6.07) is 2.56. The van der Waals surface area contributed by atoms with E-state index in [0.717, 1.165) is 50.6 Å². The highest BCUT2D eigenvalue weighted by atomic mass is 16.5. The molecule has 0 aromatic heterocycles. The molecule has 2 unspecified atom stereocenters. The van der Waals surface area contributed by atoms with Crippen molar-refractivity contribution in [2.75, 3.05) is 6.61 Å². The molecule has 1 aromatic rings. The van der Waals surface area contributed by atoms with Gasteiger partial charge in [0.25, 0.3) is 6.47 Å². The van der Waals surface area contributed by atoms with E-state index in [1.165, 1.54) is 50.1 Å². The number of hydrogen-bond donors (Lipinski definition) is 1. The molecule has 3 heteroatoms. The maximum Gasteiger partial charge on any atom is 0.293 e. The maximum absolute atomic E-state index is 10.8. The number of hydrogen-bond acceptors (Lipinski definition) is 3. The molecule has 0 fully saturated rings. The van der Waals surface area contributed by atoms with Crippen molar-refractivity contribution >= 4 is 6.47 Å². The molecule has 256 valence electrons. The Morgan fingerprint density at radius 1 is 1.07 bits per heavy atom. The summed E-state index contributed by atoms with van der Waals surface area (Å²) in [6.07, 6.45) is 7.04. The lowest BCUT2D eigenvalue weighted by Crippen LogP contribution is -2.39. The summed E-state index contributed by atoms with van der Waals surface area (Å²) in [7, 11) is 0. The first-order chi connectivity index (χ1) is 21.3. The van der Waals surface area contributed by atoms with Gasteiger partial charge in [-0.15, -0.1) is 0 Å². The second kappa shape index (κ2) is 14.3. The van der Waals surface area contributed by atoms with E-state index in [1.54, 1.807) is 16.7 Å². The lowest BCUT2D eigenvalue weighted by Gasteiger charge is -2.46. The van der Waals surface area contributed by atoms with E-state index in [1.807, 2.05) is 0 Å². The van der Waals surface area contributed by atoms with E-state index in [9.17, 15) is 4.79 Å². The van der Waals surface area contributed by atoms with Crippen LogP contribution in [0.15, 0.2) is 50.8 Å². The summed E-state index contributed by atoms with van der Waals surface area (Å²) >= 11 is 0. The van der Waals surface area contributed by atoms with Gasteiger partial charge in [-0.2, -0.15) is 0 Å². The Morgan fingerprint density at radius 3 is 2.24 bits per heavy atom. The molecule has 0 aliphatic heterocycles. The van der Waals surface area contributed by atoms with E-state index >= 15 is 0 Å². The van der Waals surface area contributed by atoms with Gasteiger partial charge in [0.15, 0.2) is 0 Å². The van der Waals surface area contributed by atoms with Crippen LogP contribution in [0.5, 0.6) is 0 Å². The van der Waals surface area contributed by atoms with E-state index in [2.05, 4.69) is 110 Å². The third-order valence-corrected chi connectivity index (χ3v) is 12.1. The molecule has 2 atom stereocenters. The van der Waals surface area contributed by atoms with Gasteiger partial charge in [0.05, 0.1) is 6.61 Å².